The summed E-state index contributed by atoms with van der Waals surface area (Å²) in [6, 6.07) is 3.98. The summed E-state index contributed by atoms with van der Waals surface area (Å²) in [7, 11) is 0. The van der Waals surface area contributed by atoms with Crippen LogP contribution in [0.25, 0.3) is 0 Å². The molecule has 0 aromatic heterocycles. The predicted molar refractivity (Wildman–Crippen MR) is 77.9 cm³/mol. The summed E-state index contributed by atoms with van der Waals surface area (Å²) in [5, 5.41) is 13.6. The van der Waals surface area contributed by atoms with Gasteiger partial charge in [-0.1, -0.05) is 22.0 Å². The standard InChI is InChI=1S/C14H19BrN2O/c1-3-13(17-6-4-16-5-7-17)12-9-11(15)8-10(2)14(12)18/h3,8-9,13,16,18H,1,4-7H2,2H3/t13-/m1/s1. The lowest BCUT2D eigenvalue weighted by molar-refractivity contribution is 0.201. The summed E-state index contributed by atoms with van der Waals surface area (Å²) >= 11 is 3.49. The summed E-state index contributed by atoms with van der Waals surface area (Å²) in [5.41, 5.74) is 1.82. The molecule has 1 fully saturated rings. The van der Waals surface area contributed by atoms with Crippen molar-refractivity contribution in [3.05, 3.63) is 40.4 Å². The molecule has 0 bridgehead atoms. The van der Waals surface area contributed by atoms with Crippen LogP contribution >= 0.6 is 15.9 Å². The Bertz CT molecular complexity index is 442. The van der Waals surface area contributed by atoms with Gasteiger partial charge in [0.25, 0.3) is 0 Å². The number of phenols is 1. The van der Waals surface area contributed by atoms with Gasteiger partial charge in [0.2, 0.25) is 0 Å². The molecule has 4 heteroatoms. The predicted octanol–water partition coefficient (Wildman–Crippen LogP) is 2.60. The maximum absolute atomic E-state index is 10.2. The highest BCUT2D eigenvalue weighted by molar-refractivity contribution is 9.10. The van der Waals surface area contributed by atoms with E-state index in [4.69, 9.17) is 0 Å². The van der Waals surface area contributed by atoms with Crippen molar-refractivity contribution in [3.8, 4) is 5.75 Å². The van der Waals surface area contributed by atoms with Crippen molar-refractivity contribution in [3.63, 3.8) is 0 Å². The van der Waals surface area contributed by atoms with Crippen LogP contribution in [0.5, 0.6) is 5.75 Å². The highest BCUT2D eigenvalue weighted by atomic mass is 79.9. The van der Waals surface area contributed by atoms with Crippen LogP contribution in [-0.4, -0.2) is 36.2 Å². The first-order valence-electron chi connectivity index (χ1n) is 6.20. The SMILES string of the molecule is C=C[C@H](c1cc(Br)cc(C)c1O)N1CCNCC1. The van der Waals surface area contributed by atoms with Crippen LogP contribution in [0, 0.1) is 6.92 Å². The molecule has 0 spiro atoms. The Kier molecular flexibility index (Phi) is 4.43. The maximum atomic E-state index is 10.2. The molecule has 1 saturated heterocycles. The molecule has 0 amide bonds. The normalized spacial score (nSPS) is 18.6. The zero-order valence-corrected chi connectivity index (χ0v) is 12.2. The fourth-order valence-electron chi connectivity index (χ4n) is 2.42. The number of aromatic hydroxyl groups is 1. The quantitative estimate of drug-likeness (QED) is 0.842. The summed E-state index contributed by atoms with van der Waals surface area (Å²) < 4.78 is 0.995. The van der Waals surface area contributed by atoms with Gasteiger partial charge in [-0.05, 0) is 24.6 Å². The first-order chi connectivity index (χ1) is 8.63. The van der Waals surface area contributed by atoms with Gasteiger partial charge in [0.1, 0.15) is 5.75 Å². The minimum atomic E-state index is 0.0725. The number of nitrogens with one attached hydrogen (secondary N) is 1. The summed E-state index contributed by atoms with van der Waals surface area (Å²) in [4.78, 5) is 2.34. The molecule has 18 heavy (non-hydrogen) atoms. The molecule has 0 aliphatic carbocycles. The third-order valence-electron chi connectivity index (χ3n) is 3.38. The fourth-order valence-corrected chi connectivity index (χ4v) is 3.01. The Labute approximate surface area is 117 Å². The fraction of sp³-hybridized carbons (Fsp3) is 0.429. The molecule has 1 aliphatic heterocycles. The first kappa shape index (κ1) is 13.6. The Morgan fingerprint density at radius 3 is 2.72 bits per heavy atom. The van der Waals surface area contributed by atoms with Gasteiger partial charge in [0, 0.05) is 36.2 Å². The van der Waals surface area contributed by atoms with Gasteiger partial charge >= 0.3 is 0 Å². The number of phenolic OH excluding ortho intramolecular Hbond substituents is 1. The number of hydrogen-bond acceptors (Lipinski definition) is 3. The van der Waals surface area contributed by atoms with Crippen LogP contribution in [0.4, 0.5) is 0 Å². The summed E-state index contributed by atoms with van der Waals surface area (Å²) in [5.74, 6) is 0.377. The van der Waals surface area contributed by atoms with Gasteiger partial charge < -0.3 is 10.4 Å². The van der Waals surface area contributed by atoms with E-state index in [0.29, 0.717) is 5.75 Å². The second kappa shape index (κ2) is 5.87. The first-order valence-corrected chi connectivity index (χ1v) is 6.99. The van der Waals surface area contributed by atoms with Crippen molar-refractivity contribution in [2.75, 3.05) is 26.2 Å². The highest BCUT2D eigenvalue weighted by Gasteiger charge is 2.22. The molecule has 1 heterocycles. The van der Waals surface area contributed by atoms with E-state index in [2.05, 4.69) is 32.7 Å². The molecule has 3 nitrogen and oxygen atoms in total. The Morgan fingerprint density at radius 1 is 1.44 bits per heavy atom. The molecule has 0 unspecified atom stereocenters. The molecular weight excluding hydrogens is 292 g/mol. The molecule has 1 atom stereocenters. The number of benzene rings is 1. The third kappa shape index (κ3) is 2.76. The highest BCUT2D eigenvalue weighted by Crippen LogP contribution is 2.34. The van der Waals surface area contributed by atoms with Crippen LogP contribution in [-0.2, 0) is 0 Å². The molecular formula is C14H19BrN2O. The van der Waals surface area contributed by atoms with Crippen LogP contribution in [0.3, 0.4) is 0 Å². The van der Waals surface area contributed by atoms with Crippen LogP contribution in [0.2, 0.25) is 0 Å². The second-order valence-corrected chi connectivity index (χ2v) is 5.54. The number of piperazine rings is 1. The van der Waals surface area contributed by atoms with E-state index in [9.17, 15) is 5.11 Å². The van der Waals surface area contributed by atoms with Crippen molar-refractivity contribution < 1.29 is 5.11 Å². The van der Waals surface area contributed by atoms with Gasteiger partial charge in [0.05, 0.1) is 6.04 Å². The molecule has 0 saturated carbocycles. The van der Waals surface area contributed by atoms with E-state index < -0.39 is 0 Å². The lowest BCUT2D eigenvalue weighted by Crippen LogP contribution is -2.44. The Hall–Kier alpha value is -0.840. The summed E-state index contributed by atoms with van der Waals surface area (Å²) in [6.45, 7) is 9.76. The molecule has 2 rings (SSSR count). The van der Waals surface area contributed by atoms with E-state index in [1.807, 2.05) is 25.1 Å². The van der Waals surface area contributed by atoms with Crippen molar-refractivity contribution in [1.29, 1.82) is 0 Å². The van der Waals surface area contributed by atoms with E-state index in [1.54, 1.807) is 0 Å². The number of rotatable bonds is 3. The van der Waals surface area contributed by atoms with Crippen molar-refractivity contribution >= 4 is 15.9 Å². The largest absolute Gasteiger partial charge is 0.507 e. The minimum Gasteiger partial charge on any atom is -0.507 e. The second-order valence-electron chi connectivity index (χ2n) is 4.63. The summed E-state index contributed by atoms with van der Waals surface area (Å²) in [6.07, 6.45) is 1.91. The lowest BCUT2D eigenvalue weighted by Gasteiger charge is -2.34. The molecule has 0 radical (unpaired) electrons. The maximum Gasteiger partial charge on any atom is 0.123 e. The number of aryl methyl sites for hydroxylation is 1. The number of halogens is 1. The average molecular weight is 311 g/mol. The Balaban J connectivity index is 2.34. The zero-order valence-electron chi connectivity index (χ0n) is 10.6. The molecule has 1 aliphatic rings. The number of nitrogens with zero attached hydrogens (tertiary/aromatic N) is 1. The van der Waals surface area contributed by atoms with Crippen molar-refractivity contribution in [2.24, 2.45) is 0 Å². The lowest BCUT2D eigenvalue weighted by atomic mass is 10.0. The van der Waals surface area contributed by atoms with Crippen LogP contribution in [0.1, 0.15) is 17.2 Å². The molecule has 2 N–H and O–H groups in total. The molecule has 1 aromatic carbocycles. The van der Waals surface area contributed by atoms with Gasteiger partial charge in [-0.2, -0.15) is 0 Å². The van der Waals surface area contributed by atoms with E-state index in [0.717, 1.165) is 41.8 Å². The van der Waals surface area contributed by atoms with Gasteiger partial charge in [0.15, 0.2) is 0 Å². The van der Waals surface area contributed by atoms with Crippen molar-refractivity contribution in [1.82, 2.24) is 10.2 Å². The topological polar surface area (TPSA) is 35.5 Å². The average Bonchev–Trinajstić information content (AvgIpc) is 2.37. The zero-order chi connectivity index (χ0) is 13.1. The van der Waals surface area contributed by atoms with Crippen LogP contribution < -0.4 is 5.32 Å². The van der Waals surface area contributed by atoms with Gasteiger partial charge in [-0.15, -0.1) is 6.58 Å². The third-order valence-corrected chi connectivity index (χ3v) is 3.84. The minimum absolute atomic E-state index is 0.0725. The van der Waals surface area contributed by atoms with Gasteiger partial charge in [-0.25, -0.2) is 0 Å². The van der Waals surface area contributed by atoms with E-state index in [1.165, 1.54) is 0 Å². The Morgan fingerprint density at radius 2 is 2.11 bits per heavy atom. The number of hydrogen-bond donors (Lipinski definition) is 2. The van der Waals surface area contributed by atoms with E-state index in [-0.39, 0.29) is 6.04 Å². The smallest absolute Gasteiger partial charge is 0.123 e. The molecule has 1 aromatic rings. The molecule has 98 valence electrons. The van der Waals surface area contributed by atoms with Crippen LogP contribution in [0.15, 0.2) is 29.3 Å². The monoisotopic (exact) mass is 310 g/mol. The van der Waals surface area contributed by atoms with E-state index >= 15 is 0 Å². The van der Waals surface area contributed by atoms with Gasteiger partial charge in [-0.3, -0.25) is 4.90 Å². The van der Waals surface area contributed by atoms with Crippen molar-refractivity contribution in [2.45, 2.75) is 13.0 Å².